The van der Waals surface area contributed by atoms with Crippen LogP contribution in [0, 0.1) is 0 Å². The molecule has 2 aromatic heterocycles. The first-order valence-corrected chi connectivity index (χ1v) is 22.6. The fourth-order valence-electron chi connectivity index (χ4n) is 10.5. The summed E-state index contributed by atoms with van der Waals surface area (Å²) < 4.78 is 4.96. The zero-order valence-electron chi connectivity index (χ0n) is 36.8. The van der Waals surface area contributed by atoms with Gasteiger partial charge in [0.2, 0.25) is 0 Å². The Balaban J connectivity index is 1.05. The summed E-state index contributed by atoms with van der Waals surface area (Å²) in [6, 6.07) is 82.0. The Morgan fingerprint density at radius 2 is 0.708 bits per heavy atom. The van der Waals surface area contributed by atoms with Crippen LogP contribution in [0.1, 0.15) is 0 Å². The lowest BCUT2D eigenvalue weighted by molar-refractivity contribution is 1.18. The lowest BCUT2D eigenvalue weighted by Crippen LogP contribution is -2.35. The molecular weight excluding hydrogens is 781 g/mol. The van der Waals surface area contributed by atoms with Crippen LogP contribution in [0.25, 0.3) is 111 Å². The normalized spacial score (nSPS) is 11.6. The average molecular weight is 824 g/mol. The summed E-state index contributed by atoms with van der Waals surface area (Å²) in [6.45, 7) is 0. The molecule has 0 saturated carbocycles. The summed E-state index contributed by atoms with van der Waals surface area (Å²) in [5, 5.41) is 5.07. The van der Waals surface area contributed by atoms with Crippen LogP contribution >= 0.6 is 0 Å². The van der Waals surface area contributed by atoms with Gasteiger partial charge in [-0.1, -0.05) is 198 Å². The predicted octanol–water partition coefficient (Wildman–Crippen LogP) is 11.0. The van der Waals surface area contributed by atoms with E-state index < -0.39 is 0 Å². The highest BCUT2D eigenvalue weighted by Gasteiger charge is 2.23. The quantitative estimate of drug-likeness (QED) is 0.142. The minimum Gasteiger partial charge on any atom is -0.310 e. The second kappa shape index (κ2) is 15.7. The monoisotopic (exact) mass is 824 g/mol. The molecule has 0 atom stereocenters. The maximum atomic E-state index is 2.48. The zero-order valence-corrected chi connectivity index (χ0v) is 36.8. The molecule has 10 aromatic carbocycles. The maximum absolute atomic E-state index is 2.48. The third-order valence-electron chi connectivity index (χ3n) is 13.8. The molecule has 2 heterocycles. The topological polar surface area (TPSA) is 9.86 Å². The molecule has 5 heteroatoms. The number of aromatic nitrogens is 2. The van der Waals surface area contributed by atoms with Crippen LogP contribution < -0.4 is 16.4 Å². The van der Waals surface area contributed by atoms with Gasteiger partial charge in [0, 0.05) is 44.0 Å². The molecule has 0 saturated heterocycles. The van der Waals surface area contributed by atoms with Gasteiger partial charge in [0.25, 0.3) is 0 Å². The van der Waals surface area contributed by atoms with Gasteiger partial charge in [0.05, 0.1) is 16.6 Å². The molecule has 0 fully saturated rings. The van der Waals surface area contributed by atoms with Crippen LogP contribution in [0.4, 0.5) is 0 Å². The standard InChI is InChI=1S/C60H43B3N2/c61-56-54(57(62)58(63)60-55(56)50-19-10-11-22-52(50)65(60)47-34-29-43(30-35-47)40-17-8-3-9-18-40)45-31-36-53-51(37-45)49-21-12-20-48(44-25-23-41(24-26-44)38-13-4-1-5-14-38)59(49)64(53)46-32-27-42(28-33-46)39-15-6-2-7-16-39/h1-37H,61-63H2. The Labute approximate surface area is 382 Å². The van der Waals surface area contributed by atoms with Crippen LogP contribution in [0.3, 0.4) is 0 Å². The van der Waals surface area contributed by atoms with E-state index in [1.807, 2.05) is 0 Å². The van der Waals surface area contributed by atoms with Gasteiger partial charge in [-0.3, -0.25) is 0 Å². The number of hydrogen-bond donors (Lipinski definition) is 0. The number of para-hydroxylation sites is 2. The molecule has 0 aliphatic heterocycles. The number of nitrogens with zero attached hydrogens (tertiary/aromatic N) is 2. The van der Waals surface area contributed by atoms with E-state index in [1.165, 1.54) is 121 Å². The van der Waals surface area contributed by atoms with E-state index in [9.17, 15) is 0 Å². The zero-order chi connectivity index (χ0) is 43.6. The van der Waals surface area contributed by atoms with Crippen molar-refractivity contribution in [3.8, 4) is 67.0 Å². The van der Waals surface area contributed by atoms with Gasteiger partial charge in [0.15, 0.2) is 0 Å². The maximum Gasteiger partial charge on any atom is 0.141 e. The number of fused-ring (bicyclic) bond motifs is 6. The van der Waals surface area contributed by atoms with Gasteiger partial charge in [-0.25, -0.2) is 0 Å². The van der Waals surface area contributed by atoms with E-state index in [2.05, 4.69) is 257 Å². The van der Waals surface area contributed by atoms with Gasteiger partial charge in [-0.2, -0.15) is 0 Å². The summed E-state index contributed by atoms with van der Waals surface area (Å²) in [7, 11) is 6.96. The van der Waals surface area contributed by atoms with Crippen LogP contribution in [0.2, 0.25) is 0 Å². The Hall–Kier alpha value is -8.01. The van der Waals surface area contributed by atoms with Gasteiger partial charge in [0.1, 0.15) is 23.5 Å². The summed E-state index contributed by atoms with van der Waals surface area (Å²) in [5.74, 6) is 0. The summed E-state index contributed by atoms with van der Waals surface area (Å²) in [6.07, 6.45) is 0. The van der Waals surface area contributed by atoms with Crippen molar-refractivity contribution in [1.82, 2.24) is 9.13 Å². The molecule has 12 aromatic rings. The van der Waals surface area contributed by atoms with E-state index in [1.54, 1.807) is 0 Å². The molecule has 0 aliphatic carbocycles. The molecule has 302 valence electrons. The number of rotatable bonds is 7. The van der Waals surface area contributed by atoms with Crippen molar-refractivity contribution in [2.75, 3.05) is 0 Å². The lowest BCUT2D eigenvalue weighted by atomic mass is 9.69. The molecule has 0 unspecified atom stereocenters. The summed E-state index contributed by atoms with van der Waals surface area (Å²) in [4.78, 5) is 0. The summed E-state index contributed by atoms with van der Waals surface area (Å²) in [5.41, 5.74) is 23.3. The first kappa shape index (κ1) is 38.7. The Morgan fingerprint density at radius 1 is 0.277 bits per heavy atom. The molecule has 0 amide bonds. The molecule has 0 N–H and O–H groups in total. The molecule has 65 heavy (non-hydrogen) atoms. The van der Waals surface area contributed by atoms with Crippen LogP contribution in [-0.2, 0) is 0 Å². The summed E-state index contributed by atoms with van der Waals surface area (Å²) >= 11 is 0. The largest absolute Gasteiger partial charge is 0.310 e. The molecule has 0 aliphatic rings. The fourth-order valence-corrected chi connectivity index (χ4v) is 10.5. The Kier molecular flexibility index (Phi) is 9.31. The molecule has 0 spiro atoms. The number of benzene rings is 10. The van der Waals surface area contributed by atoms with E-state index in [-0.39, 0.29) is 0 Å². The SMILES string of the molecule is Bc1c(-c2ccc3c(c2)c2cccc(-c4ccc(-c5ccccc5)cc4)c2n3-c2ccc(-c3ccccc3)cc2)c(B)c2c3ccccc3n(-c3ccc(-c4ccccc4)cc3)c2c1B. The second-order valence-electron chi connectivity index (χ2n) is 17.4. The molecular formula is C60H43B3N2. The highest BCUT2D eigenvalue weighted by atomic mass is 15.0. The Bertz CT molecular complexity index is 3740. The first-order valence-electron chi connectivity index (χ1n) is 22.6. The minimum absolute atomic E-state index is 1.14. The smallest absolute Gasteiger partial charge is 0.141 e. The van der Waals surface area contributed by atoms with Gasteiger partial charge in [-0.15, -0.1) is 0 Å². The van der Waals surface area contributed by atoms with E-state index in [0.717, 1.165) is 5.69 Å². The Morgan fingerprint density at radius 3 is 1.28 bits per heavy atom. The second-order valence-corrected chi connectivity index (χ2v) is 17.4. The fraction of sp³-hybridized carbons (Fsp3) is 0. The highest BCUT2D eigenvalue weighted by molar-refractivity contribution is 6.60. The average Bonchev–Trinajstić information content (AvgIpc) is 3.90. The van der Waals surface area contributed by atoms with E-state index in [0.29, 0.717) is 0 Å². The lowest BCUT2D eigenvalue weighted by Gasteiger charge is -2.19. The molecule has 0 radical (unpaired) electrons. The van der Waals surface area contributed by atoms with Crippen LogP contribution in [0.5, 0.6) is 0 Å². The van der Waals surface area contributed by atoms with Crippen molar-refractivity contribution in [2.24, 2.45) is 0 Å². The van der Waals surface area contributed by atoms with Crippen LogP contribution in [0.15, 0.2) is 224 Å². The van der Waals surface area contributed by atoms with Gasteiger partial charge < -0.3 is 9.13 Å². The van der Waals surface area contributed by atoms with Crippen molar-refractivity contribution in [1.29, 1.82) is 0 Å². The van der Waals surface area contributed by atoms with Gasteiger partial charge in [-0.05, 0) is 92.5 Å². The third-order valence-corrected chi connectivity index (χ3v) is 13.8. The van der Waals surface area contributed by atoms with E-state index in [4.69, 9.17) is 0 Å². The van der Waals surface area contributed by atoms with Crippen molar-refractivity contribution < 1.29 is 0 Å². The predicted molar refractivity (Wildman–Crippen MR) is 287 cm³/mol. The molecule has 12 rings (SSSR count). The first-order chi connectivity index (χ1) is 32.0. The van der Waals surface area contributed by atoms with Crippen molar-refractivity contribution >= 4 is 83.5 Å². The number of hydrogen-bond acceptors (Lipinski definition) is 0. The third kappa shape index (κ3) is 6.38. The van der Waals surface area contributed by atoms with Crippen molar-refractivity contribution in [3.63, 3.8) is 0 Å². The minimum atomic E-state index is 1.14. The van der Waals surface area contributed by atoms with E-state index >= 15 is 0 Å². The van der Waals surface area contributed by atoms with Crippen molar-refractivity contribution in [3.05, 3.63) is 224 Å². The molecule has 0 bridgehead atoms. The van der Waals surface area contributed by atoms with Gasteiger partial charge >= 0.3 is 0 Å². The van der Waals surface area contributed by atoms with Crippen molar-refractivity contribution in [2.45, 2.75) is 0 Å². The molecule has 2 nitrogen and oxygen atoms in total. The van der Waals surface area contributed by atoms with Crippen LogP contribution in [-0.4, -0.2) is 32.7 Å². The highest BCUT2D eigenvalue weighted by Crippen LogP contribution is 2.41.